The Hall–Kier alpha value is -2.02. The topological polar surface area (TPSA) is 49.3 Å². The summed E-state index contributed by atoms with van der Waals surface area (Å²) in [6.07, 6.45) is 1.44. The number of nitrogens with zero attached hydrogens (tertiary/aromatic N) is 4. The zero-order chi connectivity index (χ0) is 16.4. The second kappa shape index (κ2) is 6.62. The molecule has 0 aliphatic carbocycles. The fraction of sp³-hybridized carbons (Fsp3) is 0.438. The Balaban J connectivity index is 1.67. The fourth-order valence-electron chi connectivity index (χ4n) is 2.59. The number of aromatic nitrogens is 2. The molecule has 1 fully saturated rings. The molecule has 0 saturated carbocycles. The summed E-state index contributed by atoms with van der Waals surface area (Å²) in [5, 5.41) is 2.84. The van der Waals surface area contributed by atoms with Crippen LogP contribution < -0.4 is 4.90 Å². The Morgan fingerprint density at radius 3 is 2.70 bits per heavy atom. The number of hydrogen-bond donors (Lipinski definition) is 0. The molecule has 1 saturated heterocycles. The van der Waals surface area contributed by atoms with E-state index in [4.69, 9.17) is 0 Å². The van der Waals surface area contributed by atoms with Crippen molar-refractivity contribution in [3.05, 3.63) is 29.7 Å². The molecule has 5 nitrogen and oxygen atoms in total. The molecule has 0 unspecified atom stereocenters. The number of rotatable bonds is 3. The van der Waals surface area contributed by atoms with Crippen LogP contribution >= 0.6 is 11.3 Å². The Morgan fingerprint density at radius 1 is 1.30 bits per heavy atom. The maximum absolute atomic E-state index is 13.2. The molecule has 1 aliphatic heterocycles. The number of hydrogen-bond acceptors (Lipinski definition) is 5. The fourth-order valence-corrected chi connectivity index (χ4v) is 3.48. The standard InChI is InChI=1S/C16H19FN4OS/c1-11(2)15(22)20-5-7-21(8-6-20)16-19-13(10-23-16)12-3-4-18-14(17)9-12/h3-4,9-11H,5-8H2,1-2H3. The molecule has 0 radical (unpaired) electrons. The van der Waals surface area contributed by atoms with Gasteiger partial charge in [0.2, 0.25) is 11.9 Å². The van der Waals surface area contributed by atoms with Crippen molar-refractivity contribution in [2.75, 3.05) is 31.1 Å². The van der Waals surface area contributed by atoms with E-state index in [1.54, 1.807) is 17.4 Å². The van der Waals surface area contributed by atoms with Gasteiger partial charge in [0.25, 0.3) is 0 Å². The molecule has 0 atom stereocenters. The summed E-state index contributed by atoms with van der Waals surface area (Å²) < 4.78 is 13.2. The number of carbonyl (C=O) groups is 1. The van der Waals surface area contributed by atoms with Gasteiger partial charge in [0, 0.05) is 55.3 Å². The van der Waals surface area contributed by atoms with Crippen molar-refractivity contribution in [2.45, 2.75) is 13.8 Å². The highest BCUT2D eigenvalue weighted by Gasteiger charge is 2.24. The predicted molar refractivity (Wildman–Crippen MR) is 88.9 cm³/mol. The summed E-state index contributed by atoms with van der Waals surface area (Å²) in [5.74, 6) is -0.260. The van der Waals surface area contributed by atoms with Crippen LogP contribution in [-0.4, -0.2) is 47.0 Å². The highest BCUT2D eigenvalue weighted by Crippen LogP contribution is 2.28. The summed E-state index contributed by atoms with van der Waals surface area (Å²) in [6.45, 7) is 6.84. The van der Waals surface area contributed by atoms with Crippen molar-refractivity contribution in [3.8, 4) is 11.3 Å². The highest BCUT2D eigenvalue weighted by molar-refractivity contribution is 7.14. The molecule has 2 aromatic rings. The quantitative estimate of drug-likeness (QED) is 0.810. The summed E-state index contributed by atoms with van der Waals surface area (Å²) in [7, 11) is 0. The van der Waals surface area contributed by atoms with Gasteiger partial charge in [0.15, 0.2) is 5.13 Å². The molecule has 1 amide bonds. The molecule has 7 heteroatoms. The van der Waals surface area contributed by atoms with Crippen molar-refractivity contribution < 1.29 is 9.18 Å². The Labute approximate surface area is 138 Å². The van der Waals surface area contributed by atoms with Gasteiger partial charge in [-0.1, -0.05) is 13.8 Å². The van der Waals surface area contributed by atoms with Crippen LogP contribution in [-0.2, 0) is 4.79 Å². The zero-order valence-electron chi connectivity index (χ0n) is 13.2. The summed E-state index contributed by atoms with van der Waals surface area (Å²) in [6, 6.07) is 3.14. The third kappa shape index (κ3) is 3.50. The van der Waals surface area contributed by atoms with Crippen molar-refractivity contribution in [1.29, 1.82) is 0 Å². The minimum absolute atomic E-state index is 0.0367. The maximum atomic E-state index is 13.2. The molecule has 0 spiro atoms. The first-order valence-electron chi connectivity index (χ1n) is 7.66. The van der Waals surface area contributed by atoms with Crippen LogP contribution in [0.2, 0.25) is 0 Å². The second-order valence-corrected chi connectivity index (χ2v) is 6.69. The van der Waals surface area contributed by atoms with Gasteiger partial charge >= 0.3 is 0 Å². The van der Waals surface area contributed by atoms with E-state index in [9.17, 15) is 9.18 Å². The van der Waals surface area contributed by atoms with Gasteiger partial charge in [0.1, 0.15) is 0 Å². The minimum atomic E-state index is -0.502. The molecule has 23 heavy (non-hydrogen) atoms. The highest BCUT2D eigenvalue weighted by atomic mass is 32.1. The lowest BCUT2D eigenvalue weighted by Gasteiger charge is -2.35. The average Bonchev–Trinajstić information content (AvgIpc) is 3.04. The van der Waals surface area contributed by atoms with Crippen LogP contribution in [0, 0.1) is 11.9 Å². The van der Waals surface area contributed by atoms with Gasteiger partial charge in [-0.2, -0.15) is 4.39 Å². The van der Waals surface area contributed by atoms with Crippen LogP contribution in [0.4, 0.5) is 9.52 Å². The number of pyridine rings is 1. The van der Waals surface area contributed by atoms with E-state index in [0.29, 0.717) is 0 Å². The SMILES string of the molecule is CC(C)C(=O)N1CCN(c2nc(-c3ccnc(F)c3)cs2)CC1. The first-order chi connectivity index (χ1) is 11.0. The number of carbonyl (C=O) groups excluding carboxylic acids is 1. The molecule has 1 aliphatic rings. The van der Waals surface area contributed by atoms with E-state index in [2.05, 4.69) is 14.9 Å². The van der Waals surface area contributed by atoms with E-state index in [0.717, 1.165) is 42.6 Å². The largest absolute Gasteiger partial charge is 0.345 e. The first-order valence-corrected chi connectivity index (χ1v) is 8.54. The lowest BCUT2D eigenvalue weighted by Crippen LogP contribution is -2.49. The monoisotopic (exact) mass is 334 g/mol. The van der Waals surface area contributed by atoms with E-state index >= 15 is 0 Å². The predicted octanol–water partition coefficient (Wildman–Crippen LogP) is 2.65. The van der Waals surface area contributed by atoms with E-state index in [-0.39, 0.29) is 11.8 Å². The number of halogens is 1. The Morgan fingerprint density at radius 2 is 2.04 bits per heavy atom. The van der Waals surface area contributed by atoms with Crippen molar-refractivity contribution in [3.63, 3.8) is 0 Å². The van der Waals surface area contributed by atoms with Gasteiger partial charge in [-0.25, -0.2) is 9.97 Å². The smallest absolute Gasteiger partial charge is 0.225 e. The van der Waals surface area contributed by atoms with E-state index < -0.39 is 5.95 Å². The Bertz CT molecular complexity index is 695. The number of piperazine rings is 1. The lowest BCUT2D eigenvalue weighted by molar-refractivity contribution is -0.134. The second-order valence-electron chi connectivity index (χ2n) is 5.85. The molecule has 122 valence electrons. The van der Waals surface area contributed by atoms with E-state index in [1.165, 1.54) is 12.3 Å². The van der Waals surface area contributed by atoms with Gasteiger partial charge < -0.3 is 9.80 Å². The van der Waals surface area contributed by atoms with Gasteiger partial charge in [-0.15, -0.1) is 11.3 Å². The summed E-state index contributed by atoms with van der Waals surface area (Å²) >= 11 is 1.54. The van der Waals surface area contributed by atoms with Crippen molar-refractivity contribution in [2.24, 2.45) is 5.92 Å². The van der Waals surface area contributed by atoms with Gasteiger partial charge in [-0.3, -0.25) is 4.79 Å². The van der Waals surface area contributed by atoms with E-state index in [1.807, 2.05) is 24.1 Å². The third-order valence-corrected chi connectivity index (χ3v) is 4.77. The molecule has 0 N–H and O–H groups in total. The minimum Gasteiger partial charge on any atom is -0.345 e. The molecule has 2 aromatic heterocycles. The van der Waals surface area contributed by atoms with Gasteiger partial charge in [0.05, 0.1) is 5.69 Å². The molecule has 3 heterocycles. The molecule has 3 rings (SSSR count). The molecule has 0 aromatic carbocycles. The lowest BCUT2D eigenvalue weighted by atomic mass is 10.1. The van der Waals surface area contributed by atoms with Crippen LogP contribution in [0.1, 0.15) is 13.8 Å². The number of thiazole rings is 1. The molecular formula is C16H19FN4OS. The van der Waals surface area contributed by atoms with Crippen LogP contribution in [0.25, 0.3) is 11.3 Å². The summed E-state index contributed by atoms with van der Waals surface area (Å²) in [4.78, 5) is 24.3. The number of amides is 1. The molecule has 0 bridgehead atoms. The van der Waals surface area contributed by atoms with Crippen LogP contribution in [0.5, 0.6) is 0 Å². The zero-order valence-corrected chi connectivity index (χ0v) is 14.0. The summed E-state index contributed by atoms with van der Waals surface area (Å²) in [5.41, 5.74) is 1.49. The van der Waals surface area contributed by atoms with Crippen LogP contribution in [0.3, 0.4) is 0 Å². The normalized spacial score (nSPS) is 15.3. The third-order valence-electron chi connectivity index (χ3n) is 3.87. The average molecular weight is 334 g/mol. The van der Waals surface area contributed by atoms with Gasteiger partial charge in [-0.05, 0) is 6.07 Å². The number of anilines is 1. The molecular weight excluding hydrogens is 315 g/mol. The van der Waals surface area contributed by atoms with Crippen molar-refractivity contribution >= 4 is 22.4 Å². The first kappa shape index (κ1) is 15.9. The van der Waals surface area contributed by atoms with Crippen molar-refractivity contribution in [1.82, 2.24) is 14.9 Å². The van der Waals surface area contributed by atoms with Crippen LogP contribution in [0.15, 0.2) is 23.7 Å². The maximum Gasteiger partial charge on any atom is 0.225 e. The Kier molecular flexibility index (Phi) is 4.56.